The first-order valence-corrected chi connectivity index (χ1v) is 9.92. The standard InChI is InChI=1S/C22H24N4O3/c1-22(2)14-25(8-7-23-22)16-4-6-20-24-17(12-21(27)26(20)13-16)15-3-5-18-19(11-15)29-10-9-28-18/h3-6,11-13,23H,7-10,14H2,1-2H3. The van der Waals surface area contributed by atoms with Crippen molar-refractivity contribution in [2.75, 3.05) is 37.7 Å². The molecule has 0 amide bonds. The number of hydrogen-bond donors (Lipinski definition) is 1. The molecule has 2 aromatic heterocycles. The van der Waals surface area contributed by atoms with E-state index in [0.717, 1.165) is 36.6 Å². The molecule has 2 aliphatic rings. The van der Waals surface area contributed by atoms with Gasteiger partial charge in [0, 0.05) is 43.0 Å². The SMILES string of the molecule is CC1(C)CN(c2ccc3nc(-c4ccc5c(c4)OCCO5)cc(=O)n3c2)CCN1. The molecule has 150 valence electrons. The number of pyridine rings is 1. The molecule has 0 spiro atoms. The summed E-state index contributed by atoms with van der Waals surface area (Å²) in [6.45, 7) is 8.16. The minimum absolute atomic E-state index is 0.0402. The lowest BCUT2D eigenvalue weighted by Crippen LogP contribution is -2.57. The highest BCUT2D eigenvalue weighted by Crippen LogP contribution is 2.33. The number of aromatic nitrogens is 2. The van der Waals surface area contributed by atoms with Crippen molar-refractivity contribution in [2.24, 2.45) is 0 Å². The molecule has 4 heterocycles. The number of fused-ring (bicyclic) bond motifs is 2. The Morgan fingerprint density at radius 2 is 1.90 bits per heavy atom. The van der Waals surface area contributed by atoms with Gasteiger partial charge in [0.2, 0.25) is 0 Å². The van der Waals surface area contributed by atoms with Gasteiger partial charge in [-0.25, -0.2) is 4.98 Å². The van der Waals surface area contributed by atoms with Gasteiger partial charge in [-0.15, -0.1) is 0 Å². The number of rotatable bonds is 2. The van der Waals surface area contributed by atoms with Crippen molar-refractivity contribution in [1.82, 2.24) is 14.7 Å². The molecular formula is C22H24N4O3. The van der Waals surface area contributed by atoms with E-state index in [1.54, 1.807) is 10.5 Å². The Bertz CT molecular complexity index is 1140. The van der Waals surface area contributed by atoms with E-state index in [2.05, 4.69) is 24.1 Å². The van der Waals surface area contributed by atoms with Crippen molar-refractivity contribution in [3.05, 3.63) is 52.9 Å². The van der Waals surface area contributed by atoms with Crippen LogP contribution in [-0.4, -0.2) is 47.8 Å². The number of nitrogens with one attached hydrogen (secondary N) is 1. The van der Waals surface area contributed by atoms with E-state index in [4.69, 9.17) is 14.5 Å². The second kappa shape index (κ2) is 6.77. The molecule has 29 heavy (non-hydrogen) atoms. The molecule has 0 atom stereocenters. The van der Waals surface area contributed by atoms with Gasteiger partial charge in [-0.1, -0.05) is 0 Å². The van der Waals surface area contributed by atoms with Crippen LogP contribution in [0.1, 0.15) is 13.8 Å². The maximum Gasteiger partial charge on any atom is 0.258 e. The van der Waals surface area contributed by atoms with E-state index in [-0.39, 0.29) is 11.1 Å². The van der Waals surface area contributed by atoms with Crippen molar-refractivity contribution in [2.45, 2.75) is 19.4 Å². The van der Waals surface area contributed by atoms with E-state index in [1.165, 1.54) is 0 Å². The lowest BCUT2D eigenvalue weighted by Gasteiger charge is -2.40. The fraction of sp³-hybridized carbons (Fsp3) is 0.364. The summed E-state index contributed by atoms with van der Waals surface area (Å²) in [5, 5.41) is 3.51. The Labute approximate surface area is 168 Å². The quantitative estimate of drug-likeness (QED) is 0.722. The van der Waals surface area contributed by atoms with Crippen LogP contribution in [0.2, 0.25) is 0 Å². The Balaban J connectivity index is 1.52. The third kappa shape index (κ3) is 3.42. The highest BCUT2D eigenvalue weighted by molar-refractivity contribution is 5.66. The van der Waals surface area contributed by atoms with Crippen LogP contribution in [0.4, 0.5) is 5.69 Å². The van der Waals surface area contributed by atoms with Crippen LogP contribution in [0.3, 0.4) is 0 Å². The normalized spacial score (nSPS) is 18.1. The van der Waals surface area contributed by atoms with Gasteiger partial charge in [0.25, 0.3) is 5.56 Å². The van der Waals surface area contributed by atoms with Gasteiger partial charge in [-0.3, -0.25) is 9.20 Å². The molecule has 7 heteroatoms. The molecule has 7 nitrogen and oxygen atoms in total. The maximum absolute atomic E-state index is 12.9. The molecule has 1 fully saturated rings. The number of benzene rings is 1. The zero-order valence-electron chi connectivity index (χ0n) is 16.6. The number of piperazine rings is 1. The Kier molecular flexibility index (Phi) is 4.20. The molecule has 0 unspecified atom stereocenters. The van der Waals surface area contributed by atoms with Gasteiger partial charge < -0.3 is 19.7 Å². The van der Waals surface area contributed by atoms with Crippen LogP contribution in [0.15, 0.2) is 47.4 Å². The fourth-order valence-electron chi connectivity index (χ4n) is 3.99. The minimum Gasteiger partial charge on any atom is -0.486 e. The summed E-state index contributed by atoms with van der Waals surface area (Å²) in [6, 6.07) is 11.2. The van der Waals surface area contributed by atoms with Crippen LogP contribution in [0, 0.1) is 0 Å². The summed E-state index contributed by atoms with van der Waals surface area (Å²) in [7, 11) is 0. The van der Waals surface area contributed by atoms with Crippen molar-refractivity contribution in [3.8, 4) is 22.8 Å². The van der Waals surface area contributed by atoms with Crippen molar-refractivity contribution < 1.29 is 9.47 Å². The highest BCUT2D eigenvalue weighted by atomic mass is 16.6. The number of hydrogen-bond acceptors (Lipinski definition) is 6. The van der Waals surface area contributed by atoms with Gasteiger partial charge >= 0.3 is 0 Å². The molecule has 0 aliphatic carbocycles. The molecule has 3 aromatic rings. The smallest absolute Gasteiger partial charge is 0.258 e. The predicted octanol–water partition coefficient (Wildman–Crippen LogP) is 2.32. The topological polar surface area (TPSA) is 68.1 Å². The summed E-state index contributed by atoms with van der Waals surface area (Å²) < 4.78 is 12.8. The first kappa shape index (κ1) is 18.0. The average Bonchev–Trinajstić information content (AvgIpc) is 2.72. The van der Waals surface area contributed by atoms with E-state index >= 15 is 0 Å². The molecular weight excluding hydrogens is 368 g/mol. The summed E-state index contributed by atoms with van der Waals surface area (Å²) in [6.07, 6.45) is 1.89. The first-order chi connectivity index (χ1) is 14.0. The first-order valence-electron chi connectivity index (χ1n) is 9.92. The summed E-state index contributed by atoms with van der Waals surface area (Å²) in [4.78, 5) is 19.9. The molecule has 0 radical (unpaired) electrons. The van der Waals surface area contributed by atoms with Gasteiger partial charge in [0.1, 0.15) is 18.9 Å². The van der Waals surface area contributed by atoms with Crippen molar-refractivity contribution in [1.29, 1.82) is 0 Å². The van der Waals surface area contributed by atoms with E-state index in [9.17, 15) is 4.79 Å². The van der Waals surface area contributed by atoms with Crippen LogP contribution >= 0.6 is 0 Å². The Morgan fingerprint density at radius 3 is 2.72 bits per heavy atom. The lowest BCUT2D eigenvalue weighted by molar-refractivity contribution is 0.171. The summed E-state index contributed by atoms with van der Waals surface area (Å²) in [5.41, 5.74) is 3.06. The molecule has 0 bridgehead atoms. The van der Waals surface area contributed by atoms with Gasteiger partial charge in [0.15, 0.2) is 11.5 Å². The van der Waals surface area contributed by atoms with Crippen LogP contribution < -0.4 is 25.2 Å². The molecule has 1 saturated heterocycles. The monoisotopic (exact) mass is 392 g/mol. The fourth-order valence-corrected chi connectivity index (χ4v) is 3.99. The second-order valence-electron chi connectivity index (χ2n) is 8.19. The third-order valence-electron chi connectivity index (χ3n) is 5.42. The van der Waals surface area contributed by atoms with E-state index in [1.807, 2.05) is 36.5 Å². The van der Waals surface area contributed by atoms with Gasteiger partial charge in [-0.2, -0.15) is 0 Å². The van der Waals surface area contributed by atoms with E-state index in [0.29, 0.717) is 30.3 Å². The lowest BCUT2D eigenvalue weighted by atomic mass is 10.0. The average molecular weight is 392 g/mol. The minimum atomic E-state index is -0.101. The summed E-state index contributed by atoms with van der Waals surface area (Å²) >= 11 is 0. The number of ether oxygens (including phenoxy) is 2. The maximum atomic E-state index is 12.9. The van der Waals surface area contributed by atoms with Crippen molar-refractivity contribution in [3.63, 3.8) is 0 Å². The number of nitrogens with zero attached hydrogens (tertiary/aromatic N) is 3. The van der Waals surface area contributed by atoms with Gasteiger partial charge in [0.05, 0.1) is 11.4 Å². The van der Waals surface area contributed by atoms with Crippen LogP contribution in [0.25, 0.3) is 16.9 Å². The molecule has 1 N–H and O–H groups in total. The second-order valence-corrected chi connectivity index (χ2v) is 8.19. The largest absolute Gasteiger partial charge is 0.486 e. The number of anilines is 1. The Hall–Kier alpha value is -3.06. The molecule has 0 saturated carbocycles. The zero-order valence-corrected chi connectivity index (χ0v) is 16.6. The molecule has 1 aromatic carbocycles. The van der Waals surface area contributed by atoms with Crippen LogP contribution in [0.5, 0.6) is 11.5 Å². The summed E-state index contributed by atoms with van der Waals surface area (Å²) in [5.74, 6) is 1.41. The van der Waals surface area contributed by atoms with Crippen molar-refractivity contribution >= 4 is 11.3 Å². The predicted molar refractivity (Wildman–Crippen MR) is 112 cm³/mol. The van der Waals surface area contributed by atoms with Gasteiger partial charge in [-0.05, 0) is 44.2 Å². The highest BCUT2D eigenvalue weighted by Gasteiger charge is 2.26. The van der Waals surface area contributed by atoms with Crippen LogP contribution in [-0.2, 0) is 0 Å². The molecule has 2 aliphatic heterocycles. The third-order valence-corrected chi connectivity index (χ3v) is 5.42. The molecule has 5 rings (SSSR count). The van der Waals surface area contributed by atoms with E-state index < -0.39 is 0 Å². The zero-order chi connectivity index (χ0) is 20.0. The Morgan fingerprint density at radius 1 is 1.07 bits per heavy atom.